The first-order valence-corrected chi connectivity index (χ1v) is 7.67. The number of rotatable bonds is 4. The van der Waals surface area contributed by atoms with Gasteiger partial charge in [0.25, 0.3) is 5.91 Å². The third kappa shape index (κ3) is 2.98. The molecule has 0 aliphatic rings. The molecule has 3 rings (SSSR count). The van der Waals surface area contributed by atoms with E-state index in [0.29, 0.717) is 22.0 Å². The standard InChI is InChI=1S/C18H16ClN3O2/c1-10-7-11(19)3-5-15(10)22-17-13-8-12(24-2)4-6-16(13)21-9-14(17)18(20)23/h3-9H,1-2H3,(H2,20,23)(H,21,22). The highest BCUT2D eigenvalue weighted by atomic mass is 35.5. The first kappa shape index (κ1) is 16.1. The number of carbonyl (C=O) groups is 1. The molecular formula is C18H16ClN3O2. The fourth-order valence-corrected chi connectivity index (χ4v) is 2.75. The van der Waals surface area contributed by atoms with Crippen LogP contribution < -0.4 is 15.8 Å². The van der Waals surface area contributed by atoms with E-state index in [1.54, 1.807) is 13.2 Å². The van der Waals surface area contributed by atoms with Crippen LogP contribution in [-0.2, 0) is 0 Å². The van der Waals surface area contributed by atoms with Crippen molar-refractivity contribution in [3.8, 4) is 5.75 Å². The Morgan fingerprint density at radius 3 is 2.71 bits per heavy atom. The molecule has 0 unspecified atom stereocenters. The van der Waals surface area contributed by atoms with Gasteiger partial charge in [0.1, 0.15) is 5.75 Å². The number of anilines is 2. The van der Waals surface area contributed by atoms with E-state index in [2.05, 4.69) is 10.3 Å². The number of halogens is 1. The molecule has 2 aromatic carbocycles. The number of amides is 1. The van der Waals surface area contributed by atoms with Crippen LogP contribution in [0.2, 0.25) is 5.02 Å². The lowest BCUT2D eigenvalue weighted by atomic mass is 10.1. The molecule has 0 saturated heterocycles. The Morgan fingerprint density at radius 1 is 1.25 bits per heavy atom. The number of nitrogens with two attached hydrogens (primary N) is 1. The number of nitrogens with one attached hydrogen (secondary N) is 1. The summed E-state index contributed by atoms with van der Waals surface area (Å²) in [7, 11) is 1.59. The number of pyridine rings is 1. The van der Waals surface area contributed by atoms with Gasteiger partial charge in [-0.05, 0) is 48.9 Å². The number of hydrogen-bond acceptors (Lipinski definition) is 4. The minimum absolute atomic E-state index is 0.310. The number of primary amides is 1. The Kier molecular flexibility index (Phi) is 4.27. The quantitative estimate of drug-likeness (QED) is 0.750. The van der Waals surface area contributed by atoms with Gasteiger partial charge in [0.15, 0.2) is 0 Å². The van der Waals surface area contributed by atoms with Crippen LogP contribution in [0, 0.1) is 6.92 Å². The van der Waals surface area contributed by atoms with Crippen molar-refractivity contribution in [2.24, 2.45) is 5.73 Å². The minimum atomic E-state index is -0.554. The van der Waals surface area contributed by atoms with Crippen LogP contribution in [-0.4, -0.2) is 18.0 Å². The van der Waals surface area contributed by atoms with Gasteiger partial charge in [-0.1, -0.05) is 11.6 Å². The SMILES string of the molecule is COc1ccc2ncc(C(N)=O)c(Nc3ccc(Cl)cc3C)c2c1. The van der Waals surface area contributed by atoms with Crippen molar-refractivity contribution in [1.82, 2.24) is 4.98 Å². The fourth-order valence-electron chi connectivity index (χ4n) is 2.52. The van der Waals surface area contributed by atoms with Crippen LogP contribution in [0.15, 0.2) is 42.6 Å². The molecule has 5 nitrogen and oxygen atoms in total. The van der Waals surface area contributed by atoms with Gasteiger partial charge in [-0.3, -0.25) is 9.78 Å². The summed E-state index contributed by atoms with van der Waals surface area (Å²) in [6.45, 7) is 1.93. The van der Waals surface area contributed by atoms with Gasteiger partial charge in [-0.15, -0.1) is 0 Å². The van der Waals surface area contributed by atoms with E-state index in [0.717, 1.165) is 22.2 Å². The van der Waals surface area contributed by atoms with Crippen LogP contribution in [0.1, 0.15) is 15.9 Å². The maximum atomic E-state index is 11.8. The van der Waals surface area contributed by atoms with E-state index < -0.39 is 5.91 Å². The highest BCUT2D eigenvalue weighted by Gasteiger charge is 2.15. The maximum absolute atomic E-state index is 11.8. The summed E-state index contributed by atoms with van der Waals surface area (Å²) >= 11 is 6.01. The zero-order chi connectivity index (χ0) is 17.3. The van der Waals surface area contributed by atoms with E-state index >= 15 is 0 Å². The highest BCUT2D eigenvalue weighted by molar-refractivity contribution is 6.30. The number of carbonyl (C=O) groups excluding carboxylic acids is 1. The van der Waals surface area contributed by atoms with Gasteiger partial charge < -0.3 is 15.8 Å². The molecule has 122 valence electrons. The maximum Gasteiger partial charge on any atom is 0.252 e. The molecule has 0 spiro atoms. The molecule has 0 aliphatic carbocycles. The number of hydrogen-bond donors (Lipinski definition) is 2. The summed E-state index contributed by atoms with van der Waals surface area (Å²) in [5, 5.41) is 4.69. The van der Waals surface area contributed by atoms with Crippen molar-refractivity contribution in [3.63, 3.8) is 0 Å². The molecule has 3 N–H and O–H groups in total. The van der Waals surface area contributed by atoms with Gasteiger partial charge in [0.05, 0.1) is 23.9 Å². The number of aromatic nitrogens is 1. The summed E-state index contributed by atoms with van der Waals surface area (Å²) in [5.41, 5.74) is 8.94. The number of ether oxygens (including phenoxy) is 1. The number of nitrogens with zero attached hydrogens (tertiary/aromatic N) is 1. The van der Waals surface area contributed by atoms with E-state index in [1.807, 2.05) is 37.3 Å². The zero-order valence-electron chi connectivity index (χ0n) is 13.3. The normalized spacial score (nSPS) is 10.6. The summed E-state index contributed by atoms with van der Waals surface area (Å²) in [4.78, 5) is 16.1. The minimum Gasteiger partial charge on any atom is -0.497 e. The predicted octanol–water partition coefficient (Wildman–Crippen LogP) is 4.05. The summed E-state index contributed by atoms with van der Waals surface area (Å²) in [6.07, 6.45) is 1.48. The van der Waals surface area contributed by atoms with Gasteiger partial charge in [0, 0.05) is 22.3 Å². The highest BCUT2D eigenvalue weighted by Crippen LogP contribution is 2.33. The third-order valence-corrected chi connectivity index (χ3v) is 4.02. The van der Waals surface area contributed by atoms with E-state index in [-0.39, 0.29) is 0 Å². The number of fused-ring (bicyclic) bond motifs is 1. The van der Waals surface area contributed by atoms with Crippen molar-refractivity contribution < 1.29 is 9.53 Å². The number of benzene rings is 2. The molecule has 1 amide bonds. The summed E-state index contributed by atoms with van der Waals surface area (Å²) in [5.74, 6) is 0.114. The molecule has 0 atom stereocenters. The van der Waals surface area contributed by atoms with Crippen LogP contribution in [0.4, 0.5) is 11.4 Å². The number of methoxy groups -OCH3 is 1. The lowest BCUT2D eigenvalue weighted by Crippen LogP contribution is -2.14. The lowest BCUT2D eigenvalue weighted by Gasteiger charge is -2.15. The molecule has 0 bridgehead atoms. The first-order chi connectivity index (χ1) is 11.5. The molecule has 3 aromatic rings. The summed E-state index contributed by atoms with van der Waals surface area (Å²) in [6, 6.07) is 11.0. The largest absolute Gasteiger partial charge is 0.497 e. The number of aryl methyl sites for hydroxylation is 1. The zero-order valence-corrected chi connectivity index (χ0v) is 14.0. The topological polar surface area (TPSA) is 77.2 Å². The molecular weight excluding hydrogens is 326 g/mol. The Hall–Kier alpha value is -2.79. The Balaban J connectivity index is 2.22. The molecule has 24 heavy (non-hydrogen) atoms. The van der Waals surface area contributed by atoms with Crippen molar-refractivity contribution in [2.75, 3.05) is 12.4 Å². The van der Waals surface area contributed by atoms with E-state index in [1.165, 1.54) is 6.20 Å². The van der Waals surface area contributed by atoms with Crippen LogP contribution >= 0.6 is 11.6 Å². The third-order valence-electron chi connectivity index (χ3n) is 3.79. The molecule has 1 heterocycles. The van der Waals surface area contributed by atoms with Crippen LogP contribution in [0.5, 0.6) is 5.75 Å². The average molecular weight is 342 g/mol. The van der Waals surface area contributed by atoms with Gasteiger partial charge in [-0.2, -0.15) is 0 Å². The van der Waals surface area contributed by atoms with E-state index in [9.17, 15) is 4.79 Å². The first-order valence-electron chi connectivity index (χ1n) is 7.29. The van der Waals surface area contributed by atoms with Crippen molar-refractivity contribution in [2.45, 2.75) is 6.92 Å². The Morgan fingerprint density at radius 2 is 2.04 bits per heavy atom. The molecule has 0 aliphatic heterocycles. The van der Waals surface area contributed by atoms with Crippen LogP contribution in [0.3, 0.4) is 0 Å². The van der Waals surface area contributed by atoms with Crippen LogP contribution in [0.25, 0.3) is 10.9 Å². The van der Waals surface area contributed by atoms with Gasteiger partial charge in [0.2, 0.25) is 0 Å². The lowest BCUT2D eigenvalue weighted by molar-refractivity contribution is 0.100. The fraction of sp³-hybridized carbons (Fsp3) is 0.111. The molecule has 1 aromatic heterocycles. The van der Waals surface area contributed by atoms with Gasteiger partial charge >= 0.3 is 0 Å². The molecule has 0 saturated carbocycles. The molecule has 6 heteroatoms. The van der Waals surface area contributed by atoms with Crippen molar-refractivity contribution in [1.29, 1.82) is 0 Å². The average Bonchev–Trinajstić information content (AvgIpc) is 2.56. The smallest absolute Gasteiger partial charge is 0.252 e. The molecule has 0 fully saturated rings. The van der Waals surface area contributed by atoms with E-state index in [4.69, 9.17) is 22.1 Å². The van der Waals surface area contributed by atoms with Gasteiger partial charge in [-0.25, -0.2) is 0 Å². The monoisotopic (exact) mass is 341 g/mol. The van der Waals surface area contributed by atoms with Crippen molar-refractivity contribution >= 4 is 39.8 Å². The van der Waals surface area contributed by atoms with Crippen molar-refractivity contribution in [3.05, 3.63) is 58.7 Å². The predicted molar refractivity (Wildman–Crippen MR) is 96.3 cm³/mol. The second kappa shape index (κ2) is 6.37. The summed E-state index contributed by atoms with van der Waals surface area (Å²) < 4.78 is 5.28. The Bertz CT molecular complexity index is 941. The Labute approximate surface area is 144 Å². The molecule has 0 radical (unpaired) electrons. The second-order valence-electron chi connectivity index (χ2n) is 5.38. The second-order valence-corrected chi connectivity index (χ2v) is 5.81.